The third-order valence-electron chi connectivity index (χ3n) is 5.10. The number of rotatable bonds is 5. The minimum atomic E-state index is -2.25. The molecule has 0 atom stereocenters. The number of ketones is 1. The number of carbonyl (C=O) groups excluding carboxylic acids is 1. The van der Waals surface area contributed by atoms with Crippen molar-refractivity contribution in [1.29, 1.82) is 0 Å². The maximum atomic E-state index is 13.9. The van der Waals surface area contributed by atoms with Gasteiger partial charge in [-0.05, 0) is 42.8 Å². The highest BCUT2D eigenvalue weighted by Gasteiger charge is 2.31. The zero-order valence-electron chi connectivity index (χ0n) is 17.3. The van der Waals surface area contributed by atoms with Gasteiger partial charge in [-0.25, -0.2) is 22.0 Å². The molecule has 0 radical (unpaired) electrons. The van der Waals surface area contributed by atoms with Gasteiger partial charge in [-0.15, -0.1) is 0 Å². The van der Waals surface area contributed by atoms with E-state index >= 15 is 0 Å². The van der Waals surface area contributed by atoms with E-state index in [0.29, 0.717) is 16.9 Å². The van der Waals surface area contributed by atoms with Crippen LogP contribution >= 0.6 is 0 Å². The van der Waals surface area contributed by atoms with Crippen molar-refractivity contribution in [3.63, 3.8) is 0 Å². The normalized spacial score (nSPS) is 13.8. The quantitative estimate of drug-likeness (QED) is 0.205. The number of hydrogen-bond acceptors (Lipinski definition) is 4. The maximum absolute atomic E-state index is 13.9. The average Bonchev–Trinajstić information content (AvgIpc) is 3.13. The predicted octanol–water partition coefficient (Wildman–Crippen LogP) is 5.89. The van der Waals surface area contributed by atoms with Gasteiger partial charge in [-0.2, -0.15) is 0 Å². The van der Waals surface area contributed by atoms with Gasteiger partial charge in [-0.1, -0.05) is 12.1 Å². The second kappa shape index (κ2) is 8.57. The zero-order valence-corrected chi connectivity index (χ0v) is 17.3. The summed E-state index contributed by atoms with van der Waals surface area (Å²) in [6.45, 7) is 0.611. The van der Waals surface area contributed by atoms with Gasteiger partial charge in [-0.3, -0.25) is 4.79 Å². The first-order chi connectivity index (χ1) is 15.7. The number of halogens is 5. The Bertz CT molecular complexity index is 1290. The maximum Gasteiger partial charge on any atom is 0.231 e. The first kappa shape index (κ1) is 22.3. The van der Waals surface area contributed by atoms with Crippen LogP contribution < -0.4 is 14.2 Å². The van der Waals surface area contributed by atoms with E-state index in [4.69, 9.17) is 14.2 Å². The Morgan fingerprint density at radius 2 is 1.61 bits per heavy atom. The lowest BCUT2D eigenvalue weighted by Gasteiger charge is -2.13. The standard InChI is InChI=1S/C24H15F5O4/c1-11-16(32-10-15-18(25)20(27)22(29)21(28)19(15)26)7-6-14-23(30)17(33-24(11)14)9-12-4-3-5-13(8-12)31-2/h3-9H,10H2,1-2H3/b17-9-. The fraction of sp³-hybridized carbons (Fsp3) is 0.125. The van der Waals surface area contributed by atoms with Crippen molar-refractivity contribution in [2.75, 3.05) is 7.11 Å². The molecule has 1 aliphatic heterocycles. The van der Waals surface area contributed by atoms with Crippen molar-refractivity contribution in [3.8, 4) is 17.2 Å². The molecule has 0 saturated carbocycles. The number of carbonyl (C=O) groups is 1. The smallest absolute Gasteiger partial charge is 0.231 e. The van der Waals surface area contributed by atoms with Crippen molar-refractivity contribution < 1.29 is 41.0 Å². The first-order valence-corrected chi connectivity index (χ1v) is 9.58. The number of Topliss-reactive ketones (excluding diaryl/α,β-unsaturated/α-hetero) is 1. The van der Waals surface area contributed by atoms with E-state index in [2.05, 4.69) is 0 Å². The molecule has 9 heteroatoms. The minimum absolute atomic E-state index is 0.0401. The lowest BCUT2D eigenvalue weighted by Crippen LogP contribution is -2.10. The molecule has 0 unspecified atom stereocenters. The van der Waals surface area contributed by atoms with Crippen LogP contribution in [0.15, 0.2) is 42.2 Å². The van der Waals surface area contributed by atoms with E-state index in [9.17, 15) is 26.7 Å². The van der Waals surface area contributed by atoms with Gasteiger partial charge in [0.25, 0.3) is 0 Å². The SMILES string of the molecule is COc1cccc(/C=C2\Oc3c(ccc(OCc4c(F)c(F)c(F)c(F)c4F)c3C)C2=O)c1. The van der Waals surface area contributed by atoms with Gasteiger partial charge in [0.1, 0.15) is 23.9 Å². The Labute approximate surface area is 184 Å². The molecule has 0 amide bonds. The van der Waals surface area contributed by atoms with Crippen LogP contribution in [-0.4, -0.2) is 12.9 Å². The minimum Gasteiger partial charge on any atom is -0.497 e. The molecular weight excluding hydrogens is 447 g/mol. The van der Waals surface area contributed by atoms with Gasteiger partial charge >= 0.3 is 0 Å². The molecule has 1 heterocycles. The summed E-state index contributed by atoms with van der Waals surface area (Å²) in [7, 11) is 1.51. The molecule has 0 spiro atoms. The summed E-state index contributed by atoms with van der Waals surface area (Å²) in [5, 5.41) is 0. The van der Waals surface area contributed by atoms with Crippen molar-refractivity contribution in [2.24, 2.45) is 0 Å². The molecule has 0 aromatic heterocycles. The number of benzene rings is 3. The molecule has 0 aliphatic carbocycles. The highest BCUT2D eigenvalue weighted by Crippen LogP contribution is 2.40. The van der Waals surface area contributed by atoms with Gasteiger partial charge in [0.05, 0.1) is 18.2 Å². The van der Waals surface area contributed by atoms with Crippen LogP contribution in [0, 0.1) is 36.0 Å². The van der Waals surface area contributed by atoms with Gasteiger partial charge in [0, 0.05) is 5.56 Å². The molecule has 170 valence electrons. The Morgan fingerprint density at radius 3 is 2.27 bits per heavy atom. The van der Waals surface area contributed by atoms with Gasteiger partial charge in [0.2, 0.25) is 11.6 Å². The van der Waals surface area contributed by atoms with Crippen LogP contribution in [0.3, 0.4) is 0 Å². The first-order valence-electron chi connectivity index (χ1n) is 9.58. The Morgan fingerprint density at radius 1 is 0.939 bits per heavy atom. The van der Waals surface area contributed by atoms with Crippen LogP contribution in [0.5, 0.6) is 17.2 Å². The van der Waals surface area contributed by atoms with E-state index in [1.54, 1.807) is 24.3 Å². The topological polar surface area (TPSA) is 44.8 Å². The fourth-order valence-corrected chi connectivity index (χ4v) is 3.33. The summed E-state index contributed by atoms with van der Waals surface area (Å²) in [5.74, 6) is -9.84. The molecule has 0 bridgehead atoms. The molecule has 3 aromatic carbocycles. The summed E-state index contributed by atoms with van der Waals surface area (Å²) in [5.41, 5.74) is 0.108. The lowest BCUT2D eigenvalue weighted by molar-refractivity contribution is 0.101. The number of ether oxygens (including phenoxy) is 3. The number of hydrogen-bond donors (Lipinski definition) is 0. The summed E-state index contributed by atoms with van der Waals surface area (Å²) >= 11 is 0. The Kier molecular flexibility index (Phi) is 5.80. The third-order valence-corrected chi connectivity index (χ3v) is 5.10. The molecule has 0 fully saturated rings. The molecule has 0 N–H and O–H groups in total. The van der Waals surface area contributed by atoms with Gasteiger partial charge in [0.15, 0.2) is 29.0 Å². The molecule has 0 saturated heterocycles. The highest BCUT2D eigenvalue weighted by atomic mass is 19.2. The summed E-state index contributed by atoms with van der Waals surface area (Å²) in [6, 6.07) is 9.69. The molecule has 1 aliphatic rings. The predicted molar refractivity (Wildman–Crippen MR) is 108 cm³/mol. The van der Waals surface area contributed by atoms with Crippen LogP contribution in [0.4, 0.5) is 22.0 Å². The number of fused-ring (bicyclic) bond motifs is 1. The number of allylic oxidation sites excluding steroid dienone is 1. The van der Waals surface area contributed by atoms with Crippen molar-refractivity contribution >= 4 is 11.9 Å². The van der Waals surface area contributed by atoms with Crippen molar-refractivity contribution in [3.05, 3.63) is 93.5 Å². The molecule has 4 nitrogen and oxygen atoms in total. The van der Waals surface area contributed by atoms with Crippen molar-refractivity contribution in [2.45, 2.75) is 13.5 Å². The highest BCUT2D eigenvalue weighted by molar-refractivity contribution is 6.15. The second-order valence-electron chi connectivity index (χ2n) is 7.12. The Balaban J connectivity index is 1.61. The fourth-order valence-electron chi connectivity index (χ4n) is 3.33. The molecule has 33 heavy (non-hydrogen) atoms. The van der Waals surface area contributed by atoms with Crippen LogP contribution in [0.2, 0.25) is 0 Å². The van der Waals surface area contributed by atoms with Crippen LogP contribution in [0.1, 0.15) is 27.0 Å². The molecular formula is C24H15F5O4. The summed E-state index contributed by atoms with van der Waals surface area (Å²) < 4.78 is 84.0. The van der Waals surface area contributed by atoms with E-state index in [1.165, 1.54) is 32.2 Å². The monoisotopic (exact) mass is 462 g/mol. The van der Waals surface area contributed by atoms with E-state index < -0.39 is 41.3 Å². The Hall–Kier alpha value is -3.88. The largest absolute Gasteiger partial charge is 0.497 e. The van der Waals surface area contributed by atoms with Crippen LogP contribution in [-0.2, 0) is 6.61 Å². The molecule has 4 rings (SSSR count). The molecule has 3 aromatic rings. The van der Waals surface area contributed by atoms with E-state index in [0.717, 1.165) is 0 Å². The van der Waals surface area contributed by atoms with Crippen molar-refractivity contribution in [1.82, 2.24) is 0 Å². The number of methoxy groups -OCH3 is 1. The summed E-state index contributed by atoms with van der Waals surface area (Å²) in [6.07, 6.45) is 1.53. The van der Waals surface area contributed by atoms with E-state index in [1.807, 2.05) is 0 Å². The van der Waals surface area contributed by atoms with Gasteiger partial charge < -0.3 is 14.2 Å². The summed E-state index contributed by atoms with van der Waals surface area (Å²) in [4.78, 5) is 12.7. The zero-order chi connectivity index (χ0) is 23.9. The lowest BCUT2D eigenvalue weighted by atomic mass is 10.1. The second-order valence-corrected chi connectivity index (χ2v) is 7.12. The van der Waals surface area contributed by atoms with Crippen LogP contribution in [0.25, 0.3) is 6.08 Å². The third kappa shape index (κ3) is 3.90. The average molecular weight is 462 g/mol. The van der Waals surface area contributed by atoms with E-state index in [-0.39, 0.29) is 28.6 Å².